The standard InChI is InChI=1S/C21H27NO6S2/c1-3-28-17-7-9-19(10-8-17)30(25,26)21-15-29(23,24)14-20(21)22-12-11-16-5-4-6-18(13-16)27-2/h4-10,13,20-22H,3,11-12,14-15H2,1-2H3/t20-,21-/m0/s1. The van der Waals surface area contributed by atoms with E-state index in [1.165, 1.54) is 12.1 Å². The molecule has 2 atom stereocenters. The third kappa shape index (κ3) is 5.33. The summed E-state index contributed by atoms with van der Waals surface area (Å²) in [6.07, 6.45) is 0.629. The molecule has 3 rings (SSSR count). The first-order valence-corrected chi connectivity index (χ1v) is 13.2. The minimum absolute atomic E-state index is 0.104. The lowest BCUT2D eigenvalue weighted by molar-refractivity contribution is 0.340. The Labute approximate surface area is 178 Å². The van der Waals surface area contributed by atoms with Gasteiger partial charge >= 0.3 is 0 Å². The number of sulfone groups is 2. The molecular formula is C21H27NO6S2. The molecule has 0 amide bonds. The van der Waals surface area contributed by atoms with Crippen molar-refractivity contribution in [3.63, 3.8) is 0 Å². The van der Waals surface area contributed by atoms with Gasteiger partial charge in [-0.25, -0.2) is 16.8 Å². The lowest BCUT2D eigenvalue weighted by atomic mass is 10.1. The minimum atomic E-state index is -3.81. The lowest BCUT2D eigenvalue weighted by Crippen LogP contribution is -2.44. The largest absolute Gasteiger partial charge is 0.497 e. The highest BCUT2D eigenvalue weighted by atomic mass is 32.2. The van der Waals surface area contributed by atoms with Gasteiger partial charge in [-0.2, -0.15) is 0 Å². The summed E-state index contributed by atoms with van der Waals surface area (Å²) in [5, 5.41) is 2.13. The van der Waals surface area contributed by atoms with E-state index in [0.717, 1.165) is 11.3 Å². The molecule has 30 heavy (non-hydrogen) atoms. The number of benzene rings is 2. The lowest BCUT2D eigenvalue weighted by Gasteiger charge is -2.20. The molecule has 0 aromatic heterocycles. The van der Waals surface area contributed by atoms with E-state index >= 15 is 0 Å². The van der Waals surface area contributed by atoms with Crippen LogP contribution in [0.4, 0.5) is 0 Å². The van der Waals surface area contributed by atoms with Crippen LogP contribution in [0.25, 0.3) is 0 Å². The van der Waals surface area contributed by atoms with Crippen molar-refractivity contribution in [3.8, 4) is 11.5 Å². The van der Waals surface area contributed by atoms with Crippen LogP contribution in [0, 0.1) is 0 Å². The molecule has 1 N–H and O–H groups in total. The van der Waals surface area contributed by atoms with Crippen LogP contribution in [0.2, 0.25) is 0 Å². The SMILES string of the molecule is CCOc1ccc(S(=O)(=O)[C@H]2CS(=O)(=O)C[C@@H]2NCCc2cccc(OC)c2)cc1. The summed E-state index contributed by atoms with van der Waals surface area (Å²) in [7, 11) is -5.66. The van der Waals surface area contributed by atoms with Gasteiger partial charge in [0.1, 0.15) is 11.5 Å². The second-order valence-corrected chi connectivity index (χ2v) is 11.5. The summed E-state index contributed by atoms with van der Waals surface area (Å²) >= 11 is 0. The maximum absolute atomic E-state index is 13.2. The van der Waals surface area contributed by atoms with Gasteiger partial charge in [0.25, 0.3) is 0 Å². The van der Waals surface area contributed by atoms with Crippen molar-refractivity contribution in [2.45, 2.75) is 29.5 Å². The van der Waals surface area contributed by atoms with E-state index in [1.54, 1.807) is 19.2 Å². The van der Waals surface area contributed by atoms with E-state index in [2.05, 4.69) is 5.32 Å². The van der Waals surface area contributed by atoms with E-state index in [-0.39, 0.29) is 16.4 Å². The first-order valence-electron chi connectivity index (χ1n) is 9.78. The molecular weight excluding hydrogens is 426 g/mol. The monoisotopic (exact) mass is 453 g/mol. The topological polar surface area (TPSA) is 98.8 Å². The molecule has 1 fully saturated rings. The molecule has 164 valence electrons. The Bertz CT molecular complexity index is 1060. The third-order valence-electron chi connectivity index (χ3n) is 5.12. The van der Waals surface area contributed by atoms with E-state index < -0.39 is 31.0 Å². The molecule has 2 aromatic carbocycles. The zero-order valence-corrected chi connectivity index (χ0v) is 18.7. The Hall–Kier alpha value is -2.10. The fourth-order valence-electron chi connectivity index (χ4n) is 3.61. The van der Waals surface area contributed by atoms with Crippen LogP contribution in [0.15, 0.2) is 53.4 Å². The summed E-state index contributed by atoms with van der Waals surface area (Å²) < 4.78 is 61.4. The molecule has 1 heterocycles. The molecule has 9 heteroatoms. The number of hydrogen-bond acceptors (Lipinski definition) is 7. The minimum Gasteiger partial charge on any atom is -0.497 e. The van der Waals surface area contributed by atoms with E-state index in [0.29, 0.717) is 25.3 Å². The second kappa shape index (κ2) is 9.36. The maximum Gasteiger partial charge on any atom is 0.183 e. The highest BCUT2D eigenvalue weighted by Crippen LogP contribution is 2.27. The summed E-state index contributed by atoms with van der Waals surface area (Å²) in [4.78, 5) is 0.104. The maximum atomic E-state index is 13.2. The number of methoxy groups -OCH3 is 1. The normalized spacial score (nSPS) is 20.7. The van der Waals surface area contributed by atoms with Gasteiger partial charge in [-0.05, 0) is 61.9 Å². The predicted molar refractivity (Wildman–Crippen MR) is 116 cm³/mol. The number of hydrogen-bond donors (Lipinski definition) is 1. The van der Waals surface area contributed by atoms with Crippen LogP contribution in [-0.4, -0.2) is 59.9 Å². The van der Waals surface area contributed by atoms with Gasteiger partial charge in [0.15, 0.2) is 19.7 Å². The van der Waals surface area contributed by atoms with Gasteiger partial charge in [0.2, 0.25) is 0 Å². The molecule has 0 spiro atoms. The van der Waals surface area contributed by atoms with Crippen molar-refractivity contribution < 1.29 is 26.3 Å². The van der Waals surface area contributed by atoms with E-state index in [1.807, 2.05) is 31.2 Å². The summed E-state index contributed by atoms with van der Waals surface area (Å²) in [6, 6.07) is 13.0. The molecule has 1 saturated heterocycles. The van der Waals surface area contributed by atoms with Gasteiger partial charge in [-0.15, -0.1) is 0 Å². The van der Waals surface area contributed by atoms with Gasteiger partial charge in [0.05, 0.1) is 35.4 Å². The van der Waals surface area contributed by atoms with Crippen molar-refractivity contribution in [2.75, 3.05) is 31.8 Å². The summed E-state index contributed by atoms with van der Waals surface area (Å²) in [5.41, 5.74) is 1.02. The molecule has 0 radical (unpaired) electrons. The summed E-state index contributed by atoms with van der Waals surface area (Å²) in [5.74, 6) is 0.751. The first kappa shape index (κ1) is 22.6. The number of nitrogens with one attached hydrogen (secondary N) is 1. The third-order valence-corrected chi connectivity index (χ3v) is 9.28. The van der Waals surface area contributed by atoms with Crippen LogP contribution < -0.4 is 14.8 Å². The predicted octanol–water partition coefficient (Wildman–Crippen LogP) is 1.87. The van der Waals surface area contributed by atoms with Crippen molar-refractivity contribution in [2.24, 2.45) is 0 Å². The van der Waals surface area contributed by atoms with Gasteiger partial charge in [-0.1, -0.05) is 12.1 Å². The molecule has 0 unspecified atom stereocenters. The van der Waals surface area contributed by atoms with Crippen LogP contribution >= 0.6 is 0 Å². The van der Waals surface area contributed by atoms with E-state index in [4.69, 9.17) is 9.47 Å². The average Bonchev–Trinajstić information content (AvgIpc) is 3.04. The molecule has 0 bridgehead atoms. The van der Waals surface area contributed by atoms with Crippen LogP contribution in [0.1, 0.15) is 12.5 Å². The fraction of sp³-hybridized carbons (Fsp3) is 0.429. The molecule has 1 aliphatic rings. The second-order valence-electron chi connectivity index (χ2n) is 7.23. The Morgan fingerprint density at radius 2 is 1.80 bits per heavy atom. The molecule has 2 aromatic rings. The number of ether oxygens (including phenoxy) is 2. The summed E-state index contributed by atoms with van der Waals surface area (Å²) in [6.45, 7) is 2.78. The Kier molecular flexibility index (Phi) is 7.05. The Balaban J connectivity index is 1.73. The fourth-order valence-corrected chi connectivity index (χ4v) is 8.33. The number of rotatable bonds is 9. The van der Waals surface area contributed by atoms with Gasteiger partial charge < -0.3 is 14.8 Å². The van der Waals surface area contributed by atoms with Crippen molar-refractivity contribution >= 4 is 19.7 Å². The van der Waals surface area contributed by atoms with Crippen molar-refractivity contribution in [1.29, 1.82) is 0 Å². The van der Waals surface area contributed by atoms with Crippen molar-refractivity contribution in [3.05, 3.63) is 54.1 Å². The highest BCUT2D eigenvalue weighted by molar-refractivity contribution is 7.96. The Morgan fingerprint density at radius 1 is 1.07 bits per heavy atom. The van der Waals surface area contributed by atoms with E-state index in [9.17, 15) is 16.8 Å². The molecule has 0 saturated carbocycles. The Morgan fingerprint density at radius 3 is 2.47 bits per heavy atom. The van der Waals surface area contributed by atoms with Crippen LogP contribution in [0.5, 0.6) is 11.5 Å². The molecule has 0 aliphatic carbocycles. The van der Waals surface area contributed by atoms with Gasteiger partial charge in [-0.3, -0.25) is 0 Å². The zero-order valence-electron chi connectivity index (χ0n) is 17.1. The van der Waals surface area contributed by atoms with Crippen LogP contribution in [-0.2, 0) is 26.1 Å². The van der Waals surface area contributed by atoms with Crippen molar-refractivity contribution in [1.82, 2.24) is 5.32 Å². The smallest absolute Gasteiger partial charge is 0.183 e. The molecule has 1 aliphatic heterocycles. The van der Waals surface area contributed by atoms with Crippen LogP contribution in [0.3, 0.4) is 0 Å². The average molecular weight is 454 g/mol. The molecule has 7 nitrogen and oxygen atoms in total. The quantitative estimate of drug-likeness (QED) is 0.619. The first-order chi connectivity index (χ1) is 14.2. The van der Waals surface area contributed by atoms with Gasteiger partial charge in [0, 0.05) is 6.04 Å². The zero-order chi connectivity index (χ0) is 21.8. The highest BCUT2D eigenvalue weighted by Gasteiger charge is 2.45.